The fraction of sp³-hybridized carbons (Fsp3) is 0.105. The van der Waals surface area contributed by atoms with Gasteiger partial charge in [0.2, 0.25) is 0 Å². The standard InChI is InChI=1S/C19H14ClFN2O/c1-2-12-3-5-13(6-4-12)19(24)22-8-7-14-11-23-18-16(14)9-15(21)10-17(18)20/h1,3-6,9-11,23H,7-8H2,(H,22,24). The van der Waals surface area contributed by atoms with Gasteiger partial charge in [0.05, 0.1) is 10.5 Å². The van der Waals surface area contributed by atoms with Crippen LogP contribution in [0.3, 0.4) is 0 Å². The van der Waals surface area contributed by atoms with Crippen molar-refractivity contribution < 1.29 is 9.18 Å². The maximum Gasteiger partial charge on any atom is 0.251 e. The summed E-state index contributed by atoms with van der Waals surface area (Å²) in [5, 5.41) is 3.91. The summed E-state index contributed by atoms with van der Waals surface area (Å²) >= 11 is 6.01. The van der Waals surface area contributed by atoms with Crippen LogP contribution in [0, 0.1) is 18.2 Å². The summed E-state index contributed by atoms with van der Waals surface area (Å²) in [5.41, 5.74) is 2.87. The number of terminal acetylenes is 1. The van der Waals surface area contributed by atoms with E-state index in [9.17, 15) is 9.18 Å². The third kappa shape index (κ3) is 3.27. The molecule has 0 aliphatic rings. The molecule has 3 aromatic rings. The molecule has 0 spiro atoms. The first-order valence-electron chi connectivity index (χ1n) is 7.38. The van der Waals surface area contributed by atoms with Crippen molar-refractivity contribution in [2.24, 2.45) is 0 Å². The van der Waals surface area contributed by atoms with Crippen LogP contribution in [0.4, 0.5) is 4.39 Å². The number of carbonyl (C=O) groups is 1. The molecular formula is C19H14ClFN2O. The van der Waals surface area contributed by atoms with Crippen LogP contribution in [-0.4, -0.2) is 17.4 Å². The molecule has 0 bridgehead atoms. The minimum absolute atomic E-state index is 0.178. The molecule has 120 valence electrons. The second kappa shape index (κ2) is 6.77. The van der Waals surface area contributed by atoms with E-state index < -0.39 is 0 Å². The van der Waals surface area contributed by atoms with Crippen LogP contribution in [0.15, 0.2) is 42.6 Å². The van der Waals surface area contributed by atoms with Crippen molar-refractivity contribution in [3.63, 3.8) is 0 Å². The monoisotopic (exact) mass is 340 g/mol. The van der Waals surface area contributed by atoms with E-state index >= 15 is 0 Å². The second-order valence-corrected chi connectivity index (χ2v) is 5.76. The maximum absolute atomic E-state index is 13.5. The molecule has 0 unspecified atom stereocenters. The second-order valence-electron chi connectivity index (χ2n) is 5.35. The molecule has 0 aliphatic carbocycles. The Balaban J connectivity index is 1.66. The highest BCUT2D eigenvalue weighted by Crippen LogP contribution is 2.27. The van der Waals surface area contributed by atoms with E-state index in [1.807, 2.05) is 0 Å². The summed E-state index contributed by atoms with van der Waals surface area (Å²) in [6, 6.07) is 9.52. The average Bonchev–Trinajstić information content (AvgIpc) is 2.98. The Labute approximate surface area is 143 Å². The molecule has 0 aliphatic heterocycles. The molecule has 1 heterocycles. The summed E-state index contributed by atoms with van der Waals surface area (Å²) < 4.78 is 13.5. The lowest BCUT2D eigenvalue weighted by Crippen LogP contribution is -2.25. The van der Waals surface area contributed by atoms with Crippen molar-refractivity contribution in [2.45, 2.75) is 6.42 Å². The van der Waals surface area contributed by atoms with E-state index in [4.69, 9.17) is 18.0 Å². The van der Waals surface area contributed by atoms with Crippen molar-refractivity contribution in [3.05, 3.63) is 70.1 Å². The Morgan fingerprint density at radius 2 is 2.04 bits per heavy atom. The predicted octanol–water partition coefficient (Wildman–Crippen LogP) is 3.91. The number of hydrogen-bond donors (Lipinski definition) is 2. The van der Waals surface area contributed by atoms with Gasteiger partial charge in [0.15, 0.2) is 0 Å². The van der Waals surface area contributed by atoms with Crippen LogP contribution in [0.25, 0.3) is 10.9 Å². The third-order valence-electron chi connectivity index (χ3n) is 3.79. The predicted molar refractivity (Wildman–Crippen MR) is 93.7 cm³/mol. The summed E-state index contributed by atoms with van der Waals surface area (Å²) in [6.07, 6.45) is 7.63. The summed E-state index contributed by atoms with van der Waals surface area (Å²) in [4.78, 5) is 15.1. The lowest BCUT2D eigenvalue weighted by atomic mass is 10.1. The van der Waals surface area contributed by atoms with Crippen LogP contribution >= 0.6 is 11.6 Å². The zero-order valence-electron chi connectivity index (χ0n) is 12.7. The van der Waals surface area contributed by atoms with Crippen molar-refractivity contribution in [3.8, 4) is 12.3 Å². The van der Waals surface area contributed by atoms with Gasteiger partial charge in [0, 0.05) is 29.3 Å². The van der Waals surface area contributed by atoms with Crippen LogP contribution < -0.4 is 5.32 Å². The molecule has 24 heavy (non-hydrogen) atoms. The van der Waals surface area contributed by atoms with Gasteiger partial charge in [-0.2, -0.15) is 0 Å². The van der Waals surface area contributed by atoms with Crippen molar-refractivity contribution in [1.82, 2.24) is 10.3 Å². The molecular weight excluding hydrogens is 327 g/mol. The number of benzene rings is 2. The van der Waals surface area contributed by atoms with Gasteiger partial charge >= 0.3 is 0 Å². The zero-order chi connectivity index (χ0) is 17.1. The first kappa shape index (κ1) is 16.1. The topological polar surface area (TPSA) is 44.9 Å². The number of rotatable bonds is 4. The normalized spacial score (nSPS) is 10.5. The number of nitrogens with one attached hydrogen (secondary N) is 2. The molecule has 2 aromatic carbocycles. The molecule has 0 fully saturated rings. The largest absolute Gasteiger partial charge is 0.360 e. The molecule has 0 saturated carbocycles. The molecule has 1 amide bonds. The maximum atomic E-state index is 13.5. The number of halogens is 2. The number of carbonyl (C=O) groups excluding carboxylic acids is 1. The number of fused-ring (bicyclic) bond motifs is 1. The highest BCUT2D eigenvalue weighted by Gasteiger charge is 2.10. The van der Waals surface area contributed by atoms with Gasteiger partial charge in [0.25, 0.3) is 5.91 Å². The fourth-order valence-electron chi connectivity index (χ4n) is 2.55. The Kier molecular flexibility index (Phi) is 4.54. The molecule has 0 radical (unpaired) electrons. The van der Waals surface area contributed by atoms with E-state index in [1.165, 1.54) is 12.1 Å². The van der Waals surface area contributed by atoms with Crippen molar-refractivity contribution in [2.75, 3.05) is 6.54 Å². The number of hydrogen-bond acceptors (Lipinski definition) is 1. The molecule has 0 saturated heterocycles. The van der Waals surface area contributed by atoms with Crippen LogP contribution in [0.5, 0.6) is 0 Å². The first-order valence-corrected chi connectivity index (χ1v) is 7.76. The average molecular weight is 341 g/mol. The number of aromatic amines is 1. The molecule has 3 rings (SSSR count). The minimum Gasteiger partial charge on any atom is -0.360 e. The lowest BCUT2D eigenvalue weighted by molar-refractivity contribution is 0.0954. The van der Waals surface area contributed by atoms with Gasteiger partial charge in [-0.1, -0.05) is 17.5 Å². The fourth-order valence-corrected chi connectivity index (χ4v) is 2.81. The SMILES string of the molecule is C#Cc1ccc(C(=O)NCCc2c[nH]c3c(Cl)cc(F)cc23)cc1. The number of H-pyrrole nitrogens is 1. The van der Waals surface area contributed by atoms with E-state index in [-0.39, 0.29) is 11.7 Å². The smallest absolute Gasteiger partial charge is 0.251 e. The highest BCUT2D eigenvalue weighted by atomic mass is 35.5. The highest BCUT2D eigenvalue weighted by molar-refractivity contribution is 6.35. The van der Waals surface area contributed by atoms with Gasteiger partial charge < -0.3 is 10.3 Å². The van der Waals surface area contributed by atoms with Crippen molar-refractivity contribution >= 4 is 28.4 Å². The molecule has 1 aromatic heterocycles. The Morgan fingerprint density at radius 1 is 1.29 bits per heavy atom. The van der Waals surface area contributed by atoms with Gasteiger partial charge in [-0.3, -0.25) is 4.79 Å². The van der Waals surface area contributed by atoms with Gasteiger partial charge in [-0.25, -0.2) is 4.39 Å². The van der Waals surface area contributed by atoms with E-state index in [1.54, 1.807) is 30.5 Å². The molecule has 0 atom stereocenters. The van der Waals surface area contributed by atoms with Crippen LogP contribution in [0.2, 0.25) is 5.02 Å². The van der Waals surface area contributed by atoms with Crippen molar-refractivity contribution in [1.29, 1.82) is 0 Å². The summed E-state index contributed by atoms with van der Waals surface area (Å²) in [6.45, 7) is 0.427. The molecule has 5 heteroatoms. The quantitative estimate of drug-likeness (QED) is 0.695. The molecule has 3 nitrogen and oxygen atoms in total. The number of aromatic nitrogens is 1. The number of amides is 1. The van der Waals surface area contributed by atoms with E-state index in [0.29, 0.717) is 29.1 Å². The Morgan fingerprint density at radius 3 is 2.75 bits per heavy atom. The van der Waals surface area contributed by atoms with Gasteiger partial charge in [0.1, 0.15) is 5.82 Å². The van der Waals surface area contributed by atoms with E-state index in [0.717, 1.165) is 16.5 Å². The Bertz CT molecular complexity index is 938. The van der Waals surface area contributed by atoms with Crippen LogP contribution in [-0.2, 0) is 6.42 Å². The third-order valence-corrected chi connectivity index (χ3v) is 4.08. The molecule has 2 N–H and O–H groups in total. The van der Waals surface area contributed by atoms with Gasteiger partial charge in [-0.05, 0) is 48.4 Å². The summed E-state index contributed by atoms with van der Waals surface area (Å²) in [7, 11) is 0. The summed E-state index contributed by atoms with van der Waals surface area (Å²) in [5.74, 6) is 1.94. The zero-order valence-corrected chi connectivity index (χ0v) is 13.5. The van der Waals surface area contributed by atoms with Crippen LogP contribution in [0.1, 0.15) is 21.5 Å². The van der Waals surface area contributed by atoms with E-state index in [2.05, 4.69) is 16.2 Å². The first-order chi connectivity index (χ1) is 11.6. The Hall–Kier alpha value is -2.77. The minimum atomic E-state index is -0.383. The lowest BCUT2D eigenvalue weighted by Gasteiger charge is -2.05. The van der Waals surface area contributed by atoms with Gasteiger partial charge in [-0.15, -0.1) is 6.42 Å².